The van der Waals surface area contributed by atoms with Crippen molar-refractivity contribution in [3.8, 4) is 5.75 Å². The Morgan fingerprint density at radius 2 is 1.58 bits per heavy atom. The van der Waals surface area contributed by atoms with Crippen LogP contribution in [0.5, 0.6) is 5.75 Å². The van der Waals surface area contributed by atoms with Gasteiger partial charge in [-0.2, -0.15) is 0 Å². The highest BCUT2D eigenvalue weighted by atomic mass is 32.2. The number of rotatable bonds is 5. The van der Waals surface area contributed by atoms with E-state index in [1.54, 1.807) is 25.3 Å². The lowest BCUT2D eigenvalue weighted by molar-refractivity contribution is 0.415. The zero-order valence-corrected chi connectivity index (χ0v) is 14.4. The van der Waals surface area contributed by atoms with E-state index in [1.165, 1.54) is 0 Å². The van der Waals surface area contributed by atoms with E-state index in [9.17, 15) is 8.42 Å². The van der Waals surface area contributed by atoms with Gasteiger partial charge in [0.2, 0.25) is 10.0 Å². The summed E-state index contributed by atoms with van der Waals surface area (Å²) >= 11 is 0. The van der Waals surface area contributed by atoms with Crippen molar-refractivity contribution >= 4 is 20.8 Å². The largest absolute Gasteiger partial charge is 0.497 e. The first kappa shape index (κ1) is 16.5. The highest BCUT2D eigenvalue weighted by molar-refractivity contribution is 7.89. The second-order valence-corrected chi connectivity index (χ2v) is 7.45. The molecule has 4 nitrogen and oxygen atoms in total. The third kappa shape index (κ3) is 3.58. The molecule has 0 aromatic heterocycles. The summed E-state index contributed by atoms with van der Waals surface area (Å²) in [5.74, 6) is 0.746. The molecule has 0 amide bonds. The van der Waals surface area contributed by atoms with E-state index >= 15 is 0 Å². The topological polar surface area (TPSA) is 55.4 Å². The summed E-state index contributed by atoms with van der Waals surface area (Å²) in [7, 11) is -1.95. The molecular weight excluding hydrogens is 322 g/mol. The first-order valence-corrected chi connectivity index (χ1v) is 9.09. The molecule has 0 saturated heterocycles. The van der Waals surface area contributed by atoms with Crippen LogP contribution >= 0.6 is 0 Å². The Kier molecular flexibility index (Phi) is 4.55. The lowest BCUT2D eigenvalue weighted by atomic mass is 10.1. The second-order valence-electron chi connectivity index (χ2n) is 5.69. The van der Waals surface area contributed by atoms with E-state index in [0.29, 0.717) is 0 Å². The molecule has 5 heteroatoms. The van der Waals surface area contributed by atoms with Gasteiger partial charge in [0.05, 0.1) is 12.0 Å². The van der Waals surface area contributed by atoms with Gasteiger partial charge in [0.25, 0.3) is 0 Å². The summed E-state index contributed by atoms with van der Waals surface area (Å²) in [6, 6.07) is 18.4. The maximum absolute atomic E-state index is 12.5. The molecule has 0 spiro atoms. The Labute approximate surface area is 142 Å². The molecule has 0 fully saturated rings. The third-order valence-electron chi connectivity index (χ3n) is 3.92. The standard InChI is InChI=1S/C19H19NO3S/c1-14-3-5-15(6-4-14)13-20-24(21,22)19-10-8-16-11-18(23-2)9-7-17(16)12-19/h3-12,20H,13H2,1-2H3. The van der Waals surface area contributed by atoms with Crippen LogP contribution in [0, 0.1) is 6.92 Å². The minimum atomic E-state index is -3.56. The molecule has 0 heterocycles. The molecule has 0 radical (unpaired) electrons. The highest BCUT2D eigenvalue weighted by Gasteiger charge is 2.14. The van der Waals surface area contributed by atoms with Crippen molar-refractivity contribution in [2.24, 2.45) is 0 Å². The van der Waals surface area contributed by atoms with Crippen LogP contribution in [-0.4, -0.2) is 15.5 Å². The summed E-state index contributed by atoms with van der Waals surface area (Å²) in [5.41, 5.74) is 2.07. The molecule has 0 aliphatic rings. The predicted octanol–water partition coefficient (Wildman–Crippen LogP) is 3.64. The zero-order chi connectivity index (χ0) is 17.2. The van der Waals surface area contributed by atoms with Gasteiger partial charge in [0.1, 0.15) is 5.75 Å². The lowest BCUT2D eigenvalue weighted by Crippen LogP contribution is -2.23. The molecule has 0 aliphatic carbocycles. The van der Waals surface area contributed by atoms with Crippen molar-refractivity contribution < 1.29 is 13.2 Å². The van der Waals surface area contributed by atoms with Gasteiger partial charge in [0.15, 0.2) is 0 Å². The Morgan fingerprint density at radius 1 is 0.917 bits per heavy atom. The van der Waals surface area contributed by atoms with E-state index in [2.05, 4.69) is 4.72 Å². The van der Waals surface area contributed by atoms with E-state index in [0.717, 1.165) is 27.6 Å². The number of sulfonamides is 1. The van der Waals surface area contributed by atoms with E-state index < -0.39 is 10.0 Å². The van der Waals surface area contributed by atoms with Gasteiger partial charge in [0, 0.05) is 6.54 Å². The molecule has 24 heavy (non-hydrogen) atoms. The third-order valence-corrected chi connectivity index (χ3v) is 5.32. The number of benzene rings is 3. The minimum absolute atomic E-state index is 0.257. The van der Waals surface area contributed by atoms with Crippen LogP contribution in [0.2, 0.25) is 0 Å². The molecule has 124 valence electrons. The molecular formula is C19H19NO3S. The average Bonchev–Trinajstić information content (AvgIpc) is 2.60. The van der Waals surface area contributed by atoms with Crippen molar-refractivity contribution in [2.45, 2.75) is 18.4 Å². The average molecular weight is 341 g/mol. The summed E-state index contributed by atoms with van der Waals surface area (Å²) in [6.07, 6.45) is 0. The lowest BCUT2D eigenvalue weighted by Gasteiger charge is -2.09. The fourth-order valence-corrected chi connectivity index (χ4v) is 3.52. The molecule has 3 aromatic rings. The fraction of sp³-hybridized carbons (Fsp3) is 0.158. The van der Waals surface area contributed by atoms with Crippen LogP contribution in [0.15, 0.2) is 65.6 Å². The number of hydrogen-bond acceptors (Lipinski definition) is 3. The molecule has 0 unspecified atom stereocenters. The summed E-state index contributed by atoms with van der Waals surface area (Å²) in [4.78, 5) is 0.257. The maximum Gasteiger partial charge on any atom is 0.240 e. The zero-order valence-electron chi connectivity index (χ0n) is 13.6. The minimum Gasteiger partial charge on any atom is -0.497 e. The van der Waals surface area contributed by atoms with Crippen LogP contribution in [-0.2, 0) is 16.6 Å². The van der Waals surface area contributed by atoms with Crippen LogP contribution in [0.3, 0.4) is 0 Å². The van der Waals surface area contributed by atoms with E-state index in [-0.39, 0.29) is 11.4 Å². The smallest absolute Gasteiger partial charge is 0.240 e. The number of methoxy groups -OCH3 is 1. The number of aryl methyl sites for hydroxylation is 1. The monoisotopic (exact) mass is 341 g/mol. The number of fused-ring (bicyclic) bond motifs is 1. The molecule has 0 aliphatic heterocycles. The van der Waals surface area contributed by atoms with Gasteiger partial charge in [-0.1, -0.05) is 42.0 Å². The van der Waals surface area contributed by atoms with E-state index in [4.69, 9.17) is 4.74 Å². The highest BCUT2D eigenvalue weighted by Crippen LogP contribution is 2.23. The maximum atomic E-state index is 12.5. The number of hydrogen-bond donors (Lipinski definition) is 1. The Morgan fingerprint density at radius 3 is 2.29 bits per heavy atom. The van der Waals surface area contributed by atoms with Gasteiger partial charge in [-0.25, -0.2) is 13.1 Å². The van der Waals surface area contributed by atoms with Crippen LogP contribution < -0.4 is 9.46 Å². The van der Waals surface area contributed by atoms with Crippen molar-refractivity contribution in [1.29, 1.82) is 0 Å². The SMILES string of the molecule is COc1ccc2cc(S(=O)(=O)NCc3ccc(C)cc3)ccc2c1. The van der Waals surface area contributed by atoms with Gasteiger partial charge < -0.3 is 4.74 Å². The van der Waals surface area contributed by atoms with Gasteiger partial charge in [-0.15, -0.1) is 0 Å². The number of nitrogens with one attached hydrogen (secondary N) is 1. The molecule has 0 atom stereocenters. The van der Waals surface area contributed by atoms with Crippen molar-refractivity contribution in [3.63, 3.8) is 0 Å². The quantitative estimate of drug-likeness (QED) is 0.771. The first-order chi connectivity index (χ1) is 11.5. The second kappa shape index (κ2) is 6.63. The van der Waals surface area contributed by atoms with Gasteiger partial charge in [-0.3, -0.25) is 0 Å². The molecule has 0 saturated carbocycles. The first-order valence-electron chi connectivity index (χ1n) is 7.61. The fourth-order valence-electron chi connectivity index (χ4n) is 2.46. The normalized spacial score (nSPS) is 11.6. The van der Waals surface area contributed by atoms with Gasteiger partial charge >= 0.3 is 0 Å². The Balaban J connectivity index is 1.83. The molecule has 0 bridgehead atoms. The van der Waals surface area contributed by atoms with Crippen LogP contribution in [0.4, 0.5) is 0 Å². The number of ether oxygens (including phenoxy) is 1. The molecule has 3 rings (SSSR count). The summed E-state index contributed by atoms with van der Waals surface area (Å²) < 4.78 is 32.8. The predicted molar refractivity (Wildman–Crippen MR) is 95.7 cm³/mol. The summed E-state index contributed by atoms with van der Waals surface area (Å²) in [6.45, 7) is 2.27. The van der Waals surface area contributed by atoms with E-state index in [1.807, 2.05) is 49.4 Å². The van der Waals surface area contributed by atoms with Crippen molar-refractivity contribution in [3.05, 3.63) is 71.8 Å². The summed E-state index contributed by atoms with van der Waals surface area (Å²) in [5, 5.41) is 1.79. The van der Waals surface area contributed by atoms with Crippen molar-refractivity contribution in [2.75, 3.05) is 7.11 Å². The van der Waals surface area contributed by atoms with Gasteiger partial charge in [-0.05, 0) is 47.5 Å². The Bertz CT molecular complexity index is 964. The molecule has 1 N–H and O–H groups in total. The van der Waals surface area contributed by atoms with Crippen LogP contribution in [0.25, 0.3) is 10.8 Å². The molecule has 3 aromatic carbocycles. The van der Waals surface area contributed by atoms with Crippen LogP contribution in [0.1, 0.15) is 11.1 Å². The van der Waals surface area contributed by atoms with Crippen molar-refractivity contribution in [1.82, 2.24) is 4.72 Å². The Hall–Kier alpha value is -2.37.